The first-order valence-corrected chi connectivity index (χ1v) is 13.1. The number of nitrogens with one attached hydrogen (secondary N) is 1. The molecule has 10 heteroatoms. The topological polar surface area (TPSA) is 97.8 Å². The number of aryl methyl sites for hydroxylation is 1. The molecule has 1 aliphatic rings. The first-order valence-electron chi connectivity index (χ1n) is 12.4. The molecular weight excluding hydrogens is 476 g/mol. The van der Waals surface area contributed by atoms with Crippen LogP contribution in [0.2, 0.25) is 0 Å². The maximum atomic E-state index is 12.7. The molecule has 1 saturated heterocycles. The van der Waals surface area contributed by atoms with Crippen LogP contribution in [0.5, 0.6) is 0 Å². The van der Waals surface area contributed by atoms with E-state index in [1.54, 1.807) is 28.1 Å². The Labute approximate surface area is 215 Å². The maximum absolute atomic E-state index is 12.7. The van der Waals surface area contributed by atoms with Gasteiger partial charge in [0.2, 0.25) is 0 Å². The van der Waals surface area contributed by atoms with E-state index in [9.17, 15) is 4.79 Å². The van der Waals surface area contributed by atoms with E-state index in [2.05, 4.69) is 14.8 Å². The average Bonchev–Trinajstić information content (AvgIpc) is 3.60. The smallest absolute Gasteiger partial charge is 0.410 e. The van der Waals surface area contributed by atoms with Crippen molar-refractivity contribution in [2.45, 2.75) is 65.9 Å². The Kier molecular flexibility index (Phi) is 7.63. The molecule has 36 heavy (non-hydrogen) atoms. The number of likely N-dealkylation sites (tertiary alicyclic amines) is 1. The van der Waals surface area contributed by atoms with E-state index in [0.29, 0.717) is 13.1 Å². The van der Waals surface area contributed by atoms with E-state index in [-0.39, 0.29) is 12.0 Å². The van der Waals surface area contributed by atoms with E-state index in [0.717, 1.165) is 51.8 Å². The molecule has 1 unspecified atom stereocenters. The molecule has 5 rings (SSSR count). The molecule has 0 spiro atoms. The second kappa shape index (κ2) is 10.7. The first kappa shape index (κ1) is 25.7. The van der Waals surface area contributed by atoms with Gasteiger partial charge >= 0.3 is 6.09 Å². The largest absolute Gasteiger partial charge is 0.472 e. The minimum absolute atomic E-state index is 0.0853. The van der Waals surface area contributed by atoms with Crippen LogP contribution in [0.15, 0.2) is 41.3 Å². The zero-order chi connectivity index (χ0) is 25.9. The van der Waals surface area contributed by atoms with Crippen molar-refractivity contribution >= 4 is 34.1 Å². The summed E-state index contributed by atoms with van der Waals surface area (Å²) in [5, 5.41) is 8.98. The summed E-state index contributed by atoms with van der Waals surface area (Å²) >= 11 is 1.40. The van der Waals surface area contributed by atoms with Gasteiger partial charge in [-0.15, -0.1) is 0 Å². The number of furan rings is 1. The van der Waals surface area contributed by atoms with Crippen LogP contribution in [0.3, 0.4) is 0 Å². The average molecular weight is 511 g/mol. The number of hydrogen-bond acceptors (Lipinski definition) is 8. The van der Waals surface area contributed by atoms with E-state index >= 15 is 0 Å². The van der Waals surface area contributed by atoms with E-state index < -0.39 is 5.60 Å². The maximum Gasteiger partial charge on any atom is 0.410 e. The van der Waals surface area contributed by atoms with Gasteiger partial charge in [0.15, 0.2) is 5.65 Å². The first-order chi connectivity index (χ1) is 17.3. The van der Waals surface area contributed by atoms with Crippen molar-refractivity contribution < 1.29 is 13.9 Å². The van der Waals surface area contributed by atoms with E-state index in [1.807, 2.05) is 59.7 Å². The summed E-state index contributed by atoms with van der Waals surface area (Å²) in [6.07, 6.45) is 6.68. The molecule has 1 amide bonds. The van der Waals surface area contributed by atoms with Gasteiger partial charge in [0.05, 0.1) is 30.1 Å². The molecule has 0 aromatic carbocycles. The standard InChI is InChI=1S/C24H28N6O3S.C2H6/c1-15-10-21(34-28-15)27-20-11-19(16-6-5-8-29(13-16)23(31)33-24(2,3)4)26-22-18(12-25-30(20)22)17-7-9-32-14-17;1-2/h7,9-12,14,16,27H,5-6,8,13H2,1-4H3;1-2H3. The van der Waals surface area contributed by atoms with Crippen LogP contribution >= 0.6 is 11.5 Å². The molecule has 1 fully saturated rings. The Hall–Kier alpha value is -3.40. The van der Waals surface area contributed by atoms with Crippen LogP contribution < -0.4 is 5.32 Å². The molecular formula is C26H34N6O3S. The number of ether oxygens (including phenoxy) is 1. The van der Waals surface area contributed by atoms with Crippen LogP contribution in [0, 0.1) is 6.92 Å². The minimum atomic E-state index is -0.526. The number of hydrogen-bond donors (Lipinski definition) is 1. The third kappa shape index (κ3) is 5.70. The van der Waals surface area contributed by atoms with Crippen molar-refractivity contribution in [2.75, 3.05) is 18.4 Å². The molecule has 4 aromatic heterocycles. The summed E-state index contributed by atoms with van der Waals surface area (Å²) in [6, 6.07) is 5.93. The number of fused-ring (bicyclic) bond motifs is 1. The van der Waals surface area contributed by atoms with Gasteiger partial charge in [-0.1, -0.05) is 13.8 Å². The fraction of sp³-hybridized carbons (Fsp3) is 0.462. The molecule has 9 nitrogen and oxygen atoms in total. The summed E-state index contributed by atoms with van der Waals surface area (Å²) in [5.74, 6) is 0.884. The normalized spacial score (nSPS) is 15.9. The quantitative estimate of drug-likeness (QED) is 0.329. The molecule has 1 N–H and O–H groups in total. The lowest BCUT2D eigenvalue weighted by molar-refractivity contribution is 0.0197. The second-order valence-electron chi connectivity index (χ2n) is 9.59. The number of carbonyl (C=O) groups is 1. The van der Waals surface area contributed by atoms with Crippen molar-refractivity contribution in [3.05, 3.63) is 48.3 Å². The van der Waals surface area contributed by atoms with Crippen LogP contribution in [0.4, 0.5) is 15.6 Å². The Bertz CT molecular complexity index is 1310. The van der Waals surface area contributed by atoms with Crippen molar-refractivity contribution in [1.82, 2.24) is 23.9 Å². The highest BCUT2D eigenvalue weighted by Crippen LogP contribution is 2.33. The molecule has 4 aromatic rings. The minimum Gasteiger partial charge on any atom is -0.472 e. The van der Waals surface area contributed by atoms with Gasteiger partial charge in [-0.05, 0) is 64.2 Å². The van der Waals surface area contributed by atoms with Gasteiger partial charge in [-0.25, -0.2) is 9.78 Å². The monoisotopic (exact) mass is 510 g/mol. The number of rotatable bonds is 4. The van der Waals surface area contributed by atoms with Gasteiger partial charge < -0.3 is 19.4 Å². The molecule has 0 bridgehead atoms. The predicted molar refractivity (Wildman–Crippen MR) is 142 cm³/mol. The molecule has 1 aliphatic heterocycles. The third-order valence-corrected chi connectivity index (χ3v) is 6.49. The Morgan fingerprint density at radius 3 is 2.75 bits per heavy atom. The lowest BCUT2D eigenvalue weighted by atomic mass is 9.94. The number of anilines is 2. The highest BCUT2D eigenvalue weighted by atomic mass is 32.1. The fourth-order valence-corrected chi connectivity index (χ4v) is 4.83. The Morgan fingerprint density at radius 2 is 2.08 bits per heavy atom. The highest BCUT2D eigenvalue weighted by Gasteiger charge is 2.30. The summed E-state index contributed by atoms with van der Waals surface area (Å²) in [7, 11) is 0. The molecule has 0 radical (unpaired) electrons. The zero-order valence-electron chi connectivity index (χ0n) is 21.7. The SMILES string of the molecule is CC.Cc1cc(Nc2cc(C3CCCN(C(=O)OC(C)(C)C)C3)nc3c(-c4ccoc4)cnn23)sn1. The molecule has 5 heterocycles. The summed E-state index contributed by atoms with van der Waals surface area (Å²) < 4.78 is 17.1. The van der Waals surface area contributed by atoms with Crippen molar-refractivity contribution in [1.29, 1.82) is 0 Å². The molecule has 0 aliphatic carbocycles. The van der Waals surface area contributed by atoms with Gasteiger partial charge in [-0.2, -0.15) is 14.0 Å². The number of carbonyl (C=O) groups excluding carboxylic acids is 1. The summed E-state index contributed by atoms with van der Waals surface area (Å²) in [4.78, 5) is 19.5. The summed E-state index contributed by atoms with van der Waals surface area (Å²) in [6.45, 7) is 12.9. The van der Waals surface area contributed by atoms with Gasteiger partial charge in [-0.3, -0.25) is 0 Å². The molecule has 1 atom stereocenters. The fourth-order valence-electron chi connectivity index (χ4n) is 4.16. The predicted octanol–water partition coefficient (Wildman–Crippen LogP) is 6.64. The third-order valence-electron chi connectivity index (χ3n) is 5.69. The van der Waals surface area contributed by atoms with Crippen molar-refractivity contribution in [3.8, 4) is 11.1 Å². The van der Waals surface area contributed by atoms with Crippen molar-refractivity contribution in [2.24, 2.45) is 0 Å². The number of nitrogens with zero attached hydrogens (tertiary/aromatic N) is 5. The lowest BCUT2D eigenvalue weighted by Crippen LogP contribution is -2.42. The molecule has 192 valence electrons. The zero-order valence-corrected chi connectivity index (χ0v) is 22.6. The van der Waals surface area contributed by atoms with E-state index in [1.165, 1.54) is 11.5 Å². The highest BCUT2D eigenvalue weighted by molar-refractivity contribution is 7.10. The van der Waals surface area contributed by atoms with Gasteiger partial charge in [0.25, 0.3) is 0 Å². The second-order valence-corrected chi connectivity index (χ2v) is 10.4. The van der Waals surface area contributed by atoms with Crippen LogP contribution in [0.25, 0.3) is 16.8 Å². The van der Waals surface area contributed by atoms with Crippen LogP contribution in [-0.2, 0) is 4.74 Å². The van der Waals surface area contributed by atoms with Crippen LogP contribution in [0.1, 0.15) is 64.8 Å². The van der Waals surface area contributed by atoms with E-state index in [4.69, 9.17) is 14.1 Å². The Morgan fingerprint density at radius 1 is 1.28 bits per heavy atom. The number of amides is 1. The summed E-state index contributed by atoms with van der Waals surface area (Å²) in [5.41, 5.74) is 3.88. The van der Waals surface area contributed by atoms with Gasteiger partial charge in [0, 0.05) is 36.2 Å². The lowest BCUT2D eigenvalue weighted by Gasteiger charge is -2.34. The number of aromatic nitrogens is 4. The van der Waals surface area contributed by atoms with Crippen LogP contribution in [-0.4, -0.2) is 48.7 Å². The number of piperidine rings is 1. The molecule has 0 saturated carbocycles. The van der Waals surface area contributed by atoms with Gasteiger partial charge in [0.1, 0.15) is 16.4 Å². The Balaban J connectivity index is 0.00000148. The van der Waals surface area contributed by atoms with Crippen molar-refractivity contribution in [3.63, 3.8) is 0 Å².